The van der Waals surface area contributed by atoms with Gasteiger partial charge in [-0.15, -0.1) is 0 Å². The van der Waals surface area contributed by atoms with E-state index in [1.807, 2.05) is 0 Å². The van der Waals surface area contributed by atoms with Gasteiger partial charge in [0.25, 0.3) is 0 Å². The Morgan fingerprint density at radius 1 is 0.349 bits per heavy atom. The van der Waals surface area contributed by atoms with E-state index >= 15 is 0 Å². The molecule has 0 fully saturated rings. The van der Waals surface area contributed by atoms with Crippen LogP contribution in [0.25, 0.3) is 0 Å². The highest BCUT2D eigenvalue weighted by Crippen LogP contribution is 2.43. The summed E-state index contributed by atoms with van der Waals surface area (Å²) in [7, 11) is -0.607. The lowest BCUT2D eigenvalue weighted by Gasteiger charge is -2.26. The largest absolute Gasteiger partial charge is 0.394 e. The van der Waals surface area contributed by atoms with Gasteiger partial charge in [0.15, 0.2) is 0 Å². The van der Waals surface area contributed by atoms with Crippen LogP contribution in [0.15, 0.2) is 0 Å². The first-order valence-corrected chi connectivity index (χ1v) is 21.7. The van der Waals surface area contributed by atoms with Crippen LogP contribution in [0.2, 0.25) is 0 Å². The summed E-state index contributed by atoms with van der Waals surface area (Å²) in [4.78, 5) is 0. The third kappa shape index (κ3) is 32.1. The van der Waals surface area contributed by atoms with Gasteiger partial charge in [-0.05, 0) is 25.2 Å². The van der Waals surface area contributed by atoms with E-state index in [-0.39, 0.29) is 6.61 Å². The van der Waals surface area contributed by atoms with Crippen molar-refractivity contribution >= 4 is 7.92 Å². The average molecular weight is 629 g/mol. The first-order valence-electron chi connectivity index (χ1n) is 19.9. The minimum atomic E-state index is -0.965. The Morgan fingerprint density at radius 2 is 0.558 bits per heavy atom. The lowest BCUT2D eigenvalue weighted by molar-refractivity contribution is 0.0255. The second-order valence-electron chi connectivity index (χ2n) is 13.8. The SMILES string of the molecule is CCCCCCCCCCCCCCCCCCP(CCCCCCCCCCCCCCCCCC)C(O)C(O)CO. The van der Waals surface area contributed by atoms with Crippen LogP contribution < -0.4 is 0 Å². The molecule has 0 aromatic carbocycles. The molecule has 260 valence electrons. The molecule has 0 radical (unpaired) electrons. The summed E-state index contributed by atoms with van der Waals surface area (Å²) in [6.45, 7) is 4.26. The molecule has 43 heavy (non-hydrogen) atoms. The van der Waals surface area contributed by atoms with Gasteiger partial charge in [-0.25, -0.2) is 0 Å². The predicted octanol–water partition coefficient (Wildman–Crippen LogP) is 12.7. The summed E-state index contributed by atoms with van der Waals surface area (Å²) in [6.07, 6.45) is 45.2. The van der Waals surface area contributed by atoms with Gasteiger partial charge in [0.2, 0.25) is 0 Å². The molecule has 2 atom stereocenters. The molecule has 0 bridgehead atoms. The third-order valence-corrected chi connectivity index (χ3v) is 12.4. The quantitative estimate of drug-likeness (QED) is 0.0474. The highest BCUT2D eigenvalue weighted by atomic mass is 31.1. The summed E-state index contributed by atoms with van der Waals surface area (Å²) in [6, 6.07) is 0. The van der Waals surface area contributed by atoms with E-state index in [0.717, 1.165) is 25.2 Å². The van der Waals surface area contributed by atoms with Crippen molar-refractivity contribution in [2.24, 2.45) is 0 Å². The molecule has 0 aromatic rings. The summed E-state index contributed by atoms with van der Waals surface area (Å²) in [5.41, 5.74) is 0. The predicted molar refractivity (Wildman–Crippen MR) is 195 cm³/mol. The van der Waals surface area contributed by atoms with E-state index in [0.29, 0.717) is 0 Å². The minimum absolute atomic E-state index is 0.322. The number of aliphatic hydroxyl groups excluding tert-OH is 3. The first-order chi connectivity index (χ1) is 21.2. The Bertz CT molecular complexity index is 467. The van der Waals surface area contributed by atoms with Crippen LogP contribution in [0.4, 0.5) is 0 Å². The highest BCUT2D eigenvalue weighted by Gasteiger charge is 2.24. The highest BCUT2D eigenvalue weighted by molar-refractivity contribution is 7.58. The molecular weight excluding hydrogens is 547 g/mol. The zero-order valence-corrected chi connectivity index (χ0v) is 30.6. The molecule has 0 aliphatic heterocycles. The van der Waals surface area contributed by atoms with E-state index in [1.54, 1.807) is 0 Å². The Hall–Kier alpha value is 0.310. The van der Waals surface area contributed by atoms with Crippen LogP contribution in [0, 0.1) is 0 Å². The Balaban J connectivity index is 3.68. The minimum Gasteiger partial charge on any atom is -0.394 e. The lowest BCUT2D eigenvalue weighted by atomic mass is 10.0. The number of hydrogen-bond donors (Lipinski definition) is 3. The van der Waals surface area contributed by atoms with Crippen molar-refractivity contribution in [1.82, 2.24) is 0 Å². The standard InChI is InChI=1S/C39H81O3P/c1-3-5-7-9-11-13-15-17-19-21-23-25-27-29-31-33-35-43(39(42)38(41)37-40)36-34-32-30-28-26-24-22-20-18-16-14-12-10-8-6-4-2/h38-42H,3-37H2,1-2H3. The van der Waals surface area contributed by atoms with Crippen LogP contribution in [-0.4, -0.2) is 46.2 Å². The maximum absolute atomic E-state index is 10.6. The molecule has 4 heteroatoms. The monoisotopic (exact) mass is 629 g/mol. The second kappa shape index (κ2) is 36.8. The molecule has 0 amide bonds. The van der Waals surface area contributed by atoms with Crippen molar-refractivity contribution in [2.45, 2.75) is 231 Å². The summed E-state index contributed by atoms with van der Waals surface area (Å²) in [5.74, 6) is -0.715. The number of rotatable bonds is 37. The smallest absolute Gasteiger partial charge is 0.107 e. The van der Waals surface area contributed by atoms with Gasteiger partial charge in [0, 0.05) is 0 Å². The third-order valence-electron chi connectivity index (χ3n) is 9.50. The zero-order valence-electron chi connectivity index (χ0n) is 29.7. The van der Waals surface area contributed by atoms with E-state index in [2.05, 4.69) is 13.8 Å². The van der Waals surface area contributed by atoms with Crippen LogP contribution in [0.3, 0.4) is 0 Å². The van der Waals surface area contributed by atoms with Crippen LogP contribution in [-0.2, 0) is 0 Å². The molecule has 0 spiro atoms. The number of aliphatic hydroxyl groups is 3. The van der Waals surface area contributed by atoms with Gasteiger partial charge < -0.3 is 15.3 Å². The van der Waals surface area contributed by atoms with E-state index in [9.17, 15) is 15.3 Å². The normalized spacial score (nSPS) is 13.3. The molecule has 0 heterocycles. The topological polar surface area (TPSA) is 60.7 Å². The van der Waals surface area contributed by atoms with Crippen LogP contribution in [0.1, 0.15) is 219 Å². The Labute approximate surface area is 272 Å². The van der Waals surface area contributed by atoms with Gasteiger partial charge in [-0.2, -0.15) is 0 Å². The Morgan fingerprint density at radius 3 is 0.767 bits per heavy atom. The summed E-state index contributed by atoms with van der Waals surface area (Å²) >= 11 is 0. The molecule has 0 rings (SSSR count). The van der Waals surface area contributed by atoms with Gasteiger partial charge in [-0.3, -0.25) is 0 Å². The van der Waals surface area contributed by atoms with Crippen molar-refractivity contribution in [3.05, 3.63) is 0 Å². The van der Waals surface area contributed by atoms with Gasteiger partial charge in [-0.1, -0.05) is 214 Å². The van der Waals surface area contributed by atoms with E-state index < -0.39 is 19.9 Å². The van der Waals surface area contributed by atoms with Crippen molar-refractivity contribution in [3.8, 4) is 0 Å². The number of unbranched alkanes of at least 4 members (excludes halogenated alkanes) is 30. The fraction of sp³-hybridized carbons (Fsp3) is 1.00. The zero-order chi connectivity index (χ0) is 31.5. The lowest BCUT2D eigenvalue weighted by Crippen LogP contribution is -2.29. The molecule has 0 saturated carbocycles. The summed E-state index contributed by atoms with van der Waals surface area (Å²) in [5, 5.41) is 30.1. The maximum Gasteiger partial charge on any atom is 0.107 e. The van der Waals surface area contributed by atoms with Gasteiger partial charge in [0.1, 0.15) is 11.9 Å². The molecular formula is C39H81O3P. The van der Waals surface area contributed by atoms with Gasteiger partial charge >= 0.3 is 0 Å². The van der Waals surface area contributed by atoms with Crippen LogP contribution >= 0.6 is 7.92 Å². The van der Waals surface area contributed by atoms with Crippen molar-refractivity contribution in [3.63, 3.8) is 0 Å². The average Bonchev–Trinajstić information content (AvgIpc) is 3.02. The molecule has 3 nitrogen and oxygen atoms in total. The van der Waals surface area contributed by atoms with Crippen molar-refractivity contribution in [2.75, 3.05) is 18.9 Å². The number of hydrogen-bond acceptors (Lipinski definition) is 3. The van der Waals surface area contributed by atoms with Crippen LogP contribution in [0.5, 0.6) is 0 Å². The fourth-order valence-corrected chi connectivity index (χ4v) is 9.03. The molecule has 2 unspecified atom stereocenters. The van der Waals surface area contributed by atoms with Crippen molar-refractivity contribution < 1.29 is 15.3 Å². The first kappa shape index (κ1) is 43.3. The maximum atomic E-state index is 10.6. The molecule has 0 aliphatic rings. The van der Waals surface area contributed by atoms with Gasteiger partial charge in [0.05, 0.1) is 6.61 Å². The second-order valence-corrected chi connectivity index (χ2v) is 16.4. The van der Waals surface area contributed by atoms with E-state index in [1.165, 1.54) is 193 Å². The van der Waals surface area contributed by atoms with E-state index in [4.69, 9.17) is 0 Å². The van der Waals surface area contributed by atoms with Crippen molar-refractivity contribution in [1.29, 1.82) is 0 Å². The molecule has 0 aliphatic carbocycles. The molecule has 3 N–H and O–H groups in total. The molecule has 0 saturated heterocycles. The molecule has 0 aromatic heterocycles. The Kier molecular flexibility index (Phi) is 37.0. The summed E-state index contributed by atoms with van der Waals surface area (Å²) < 4.78 is 0. The fourth-order valence-electron chi connectivity index (χ4n) is 6.44.